The quantitative estimate of drug-likeness (QED) is 0.639. The van der Waals surface area contributed by atoms with E-state index in [4.69, 9.17) is 0 Å². The molecule has 0 spiro atoms. The molecule has 2 heterocycles. The van der Waals surface area contributed by atoms with Crippen LogP contribution in [0.15, 0.2) is 0 Å². The van der Waals surface area contributed by atoms with Crippen molar-refractivity contribution in [3.63, 3.8) is 0 Å². The summed E-state index contributed by atoms with van der Waals surface area (Å²) in [6.45, 7) is 9.89. The van der Waals surface area contributed by atoms with Crippen LogP contribution in [0.4, 0.5) is 0 Å². The van der Waals surface area contributed by atoms with E-state index < -0.39 is 0 Å². The first-order valence-corrected chi connectivity index (χ1v) is 5.79. The molecule has 2 fully saturated rings. The smallest absolute Gasteiger partial charge is 0.0238 e. The monoisotopic (exact) mass is 182 g/mol. The van der Waals surface area contributed by atoms with Crippen LogP contribution in [0.25, 0.3) is 0 Å². The van der Waals surface area contributed by atoms with Crippen molar-refractivity contribution in [2.24, 2.45) is 0 Å². The van der Waals surface area contributed by atoms with Gasteiger partial charge in [-0.1, -0.05) is 6.92 Å². The van der Waals surface area contributed by atoms with Gasteiger partial charge in [0.15, 0.2) is 0 Å². The van der Waals surface area contributed by atoms with E-state index in [-0.39, 0.29) is 0 Å². The first-order chi connectivity index (χ1) is 6.31. The van der Waals surface area contributed by atoms with E-state index in [9.17, 15) is 0 Å². The minimum Gasteiger partial charge on any atom is -0.302 e. The Balaban J connectivity index is 1.88. The summed E-state index contributed by atoms with van der Waals surface area (Å²) in [6, 6.07) is 1.72. The zero-order valence-corrected chi connectivity index (χ0v) is 9.00. The van der Waals surface area contributed by atoms with Crippen LogP contribution >= 0.6 is 0 Å². The molecule has 0 radical (unpaired) electrons. The second kappa shape index (κ2) is 3.97. The van der Waals surface area contributed by atoms with Gasteiger partial charge >= 0.3 is 0 Å². The molecule has 0 aromatic carbocycles. The van der Waals surface area contributed by atoms with Gasteiger partial charge in [-0.3, -0.25) is 4.90 Å². The van der Waals surface area contributed by atoms with Gasteiger partial charge in [0.05, 0.1) is 0 Å². The second-order valence-electron chi connectivity index (χ2n) is 4.56. The molecule has 2 saturated heterocycles. The third-order valence-corrected chi connectivity index (χ3v) is 3.77. The van der Waals surface area contributed by atoms with Gasteiger partial charge in [-0.05, 0) is 45.8 Å². The molecule has 2 nitrogen and oxygen atoms in total. The summed E-state index contributed by atoms with van der Waals surface area (Å²) in [5.41, 5.74) is 0. The molecule has 2 rings (SSSR count). The molecule has 0 bridgehead atoms. The molecule has 1 unspecified atom stereocenters. The standard InChI is InChI=1S/C11H22N2/c1-3-12-8-6-11(9-12)13-7-4-5-10(13)2/h10-11H,3-9H2,1-2H3/t10-,11?/m1/s1. The minimum absolute atomic E-state index is 0.849. The molecule has 2 heteroatoms. The van der Waals surface area contributed by atoms with E-state index >= 15 is 0 Å². The third-order valence-electron chi connectivity index (χ3n) is 3.77. The third kappa shape index (κ3) is 1.89. The van der Waals surface area contributed by atoms with Crippen molar-refractivity contribution in [1.82, 2.24) is 9.80 Å². The van der Waals surface area contributed by atoms with Crippen LogP contribution < -0.4 is 0 Å². The van der Waals surface area contributed by atoms with Crippen LogP contribution in [-0.4, -0.2) is 48.1 Å². The average Bonchev–Trinajstić information content (AvgIpc) is 2.71. The summed E-state index contributed by atoms with van der Waals surface area (Å²) >= 11 is 0. The van der Waals surface area contributed by atoms with Crippen LogP contribution in [0.2, 0.25) is 0 Å². The zero-order valence-electron chi connectivity index (χ0n) is 9.00. The Bertz CT molecular complexity index is 169. The highest BCUT2D eigenvalue weighted by molar-refractivity contribution is 4.88. The van der Waals surface area contributed by atoms with Crippen molar-refractivity contribution < 1.29 is 0 Å². The molecule has 0 aromatic rings. The van der Waals surface area contributed by atoms with E-state index in [2.05, 4.69) is 23.6 Å². The lowest BCUT2D eigenvalue weighted by Crippen LogP contribution is -2.39. The molecule has 13 heavy (non-hydrogen) atoms. The van der Waals surface area contributed by atoms with E-state index in [0.29, 0.717) is 0 Å². The van der Waals surface area contributed by atoms with Gasteiger partial charge in [-0.25, -0.2) is 0 Å². The molecule has 0 amide bonds. The maximum absolute atomic E-state index is 2.73. The van der Waals surface area contributed by atoms with Gasteiger partial charge < -0.3 is 4.90 Å². The fourth-order valence-electron chi connectivity index (χ4n) is 2.87. The Morgan fingerprint density at radius 3 is 2.62 bits per heavy atom. The summed E-state index contributed by atoms with van der Waals surface area (Å²) in [6.07, 6.45) is 4.24. The predicted octanol–water partition coefficient (Wildman–Crippen LogP) is 1.56. The number of rotatable bonds is 2. The molecule has 0 N–H and O–H groups in total. The fraction of sp³-hybridized carbons (Fsp3) is 1.00. The second-order valence-corrected chi connectivity index (χ2v) is 4.56. The van der Waals surface area contributed by atoms with Crippen molar-refractivity contribution in [2.45, 2.75) is 45.2 Å². The fourth-order valence-corrected chi connectivity index (χ4v) is 2.87. The Hall–Kier alpha value is -0.0800. The first-order valence-electron chi connectivity index (χ1n) is 5.79. The van der Waals surface area contributed by atoms with E-state index in [0.717, 1.165) is 12.1 Å². The molecule has 76 valence electrons. The Morgan fingerprint density at radius 2 is 2.08 bits per heavy atom. The van der Waals surface area contributed by atoms with Crippen LogP contribution in [-0.2, 0) is 0 Å². The topological polar surface area (TPSA) is 6.48 Å². The number of hydrogen-bond acceptors (Lipinski definition) is 2. The first kappa shape index (κ1) is 9.47. The summed E-state index contributed by atoms with van der Waals surface area (Å²) in [5, 5.41) is 0. The van der Waals surface area contributed by atoms with Crippen LogP contribution in [0.5, 0.6) is 0 Å². The van der Waals surface area contributed by atoms with Crippen molar-refractivity contribution in [3.8, 4) is 0 Å². The highest BCUT2D eigenvalue weighted by Crippen LogP contribution is 2.24. The van der Waals surface area contributed by atoms with Gasteiger partial charge in [0.1, 0.15) is 0 Å². The number of hydrogen-bond donors (Lipinski definition) is 0. The van der Waals surface area contributed by atoms with E-state index in [1.807, 2.05) is 0 Å². The highest BCUT2D eigenvalue weighted by atomic mass is 15.3. The van der Waals surface area contributed by atoms with Crippen LogP contribution in [0, 0.1) is 0 Å². The normalized spacial score (nSPS) is 37.4. The predicted molar refractivity (Wildman–Crippen MR) is 55.9 cm³/mol. The number of nitrogens with zero attached hydrogens (tertiary/aromatic N) is 2. The summed E-state index contributed by atoms with van der Waals surface area (Å²) in [7, 11) is 0. The summed E-state index contributed by atoms with van der Waals surface area (Å²) in [4.78, 5) is 5.31. The molecule has 0 saturated carbocycles. The summed E-state index contributed by atoms with van der Waals surface area (Å²) in [5.74, 6) is 0. The molecular weight excluding hydrogens is 160 g/mol. The molecule has 2 atom stereocenters. The van der Waals surface area contributed by atoms with Crippen molar-refractivity contribution >= 4 is 0 Å². The zero-order chi connectivity index (χ0) is 9.26. The Kier molecular flexibility index (Phi) is 2.89. The van der Waals surface area contributed by atoms with Gasteiger partial charge in [-0.15, -0.1) is 0 Å². The number of likely N-dealkylation sites (N-methyl/N-ethyl adjacent to an activating group) is 1. The average molecular weight is 182 g/mol. The van der Waals surface area contributed by atoms with Gasteiger partial charge in [-0.2, -0.15) is 0 Å². The van der Waals surface area contributed by atoms with Crippen molar-refractivity contribution in [3.05, 3.63) is 0 Å². The maximum atomic E-state index is 2.73. The lowest BCUT2D eigenvalue weighted by atomic mass is 10.2. The Labute approximate surface area is 81.9 Å². The van der Waals surface area contributed by atoms with Gasteiger partial charge in [0.2, 0.25) is 0 Å². The molecule has 0 aromatic heterocycles. The minimum atomic E-state index is 0.849. The van der Waals surface area contributed by atoms with Gasteiger partial charge in [0, 0.05) is 18.6 Å². The molecular formula is C11H22N2. The van der Waals surface area contributed by atoms with Crippen molar-refractivity contribution in [2.75, 3.05) is 26.2 Å². The molecule has 2 aliphatic heterocycles. The molecule has 2 aliphatic rings. The SMILES string of the molecule is CCN1CCC(N2CCC[C@H]2C)C1. The largest absolute Gasteiger partial charge is 0.302 e. The number of likely N-dealkylation sites (tertiary alicyclic amines) is 2. The van der Waals surface area contributed by atoms with Gasteiger partial charge in [0.25, 0.3) is 0 Å². The van der Waals surface area contributed by atoms with Crippen LogP contribution in [0.3, 0.4) is 0 Å². The maximum Gasteiger partial charge on any atom is 0.0238 e. The Morgan fingerprint density at radius 1 is 1.23 bits per heavy atom. The summed E-state index contributed by atoms with van der Waals surface area (Å²) < 4.78 is 0. The molecule has 0 aliphatic carbocycles. The lowest BCUT2D eigenvalue weighted by molar-refractivity contribution is 0.188. The van der Waals surface area contributed by atoms with Crippen LogP contribution in [0.1, 0.15) is 33.1 Å². The van der Waals surface area contributed by atoms with Crippen molar-refractivity contribution in [1.29, 1.82) is 0 Å². The highest BCUT2D eigenvalue weighted by Gasteiger charge is 2.31. The van der Waals surface area contributed by atoms with E-state index in [1.54, 1.807) is 0 Å². The lowest BCUT2D eigenvalue weighted by Gasteiger charge is -2.28. The van der Waals surface area contributed by atoms with E-state index in [1.165, 1.54) is 45.4 Å².